The Kier molecular flexibility index (Phi) is 268. The first-order valence-corrected chi connectivity index (χ1v) is 0. The number of hydrogen-bond donors (Lipinski definition) is 0. The molecule has 0 bridgehead atoms. The predicted molar refractivity (Wildman–Crippen MR) is 14.0 cm³/mol. The van der Waals surface area contributed by atoms with E-state index in [1.165, 1.54) is 0 Å². The zero-order valence-electron chi connectivity index (χ0n) is 2.99. The minimum atomic E-state index is 0. The van der Waals surface area contributed by atoms with Crippen molar-refractivity contribution in [1.29, 1.82) is 0 Å². The topological polar surface area (TPSA) is 31.5 Å². The molecule has 0 aliphatic carbocycles. The molecule has 0 atom stereocenters. The summed E-state index contributed by atoms with van der Waals surface area (Å²) in [6.07, 6.45) is 0. The monoisotopic (exact) mass is 781 g/mol. The smallest absolute Gasteiger partial charge is 0 e. The summed E-state index contributed by atoms with van der Waals surface area (Å²) in [7, 11) is 0. The van der Waals surface area contributed by atoms with Gasteiger partial charge in [0.25, 0.3) is 0 Å². The van der Waals surface area contributed by atoms with Crippen LogP contribution in [0.4, 0.5) is 0 Å². The molecule has 7 heteroatoms. The Morgan fingerprint density at radius 1 is 1.00 bits per heavy atom. The van der Waals surface area contributed by atoms with Gasteiger partial charge in [-0.3, -0.25) is 0 Å². The van der Waals surface area contributed by atoms with Gasteiger partial charge in [-0.05, 0) is 0 Å². The molecular weight excluding hydrogens is 779 g/mol. The summed E-state index contributed by atoms with van der Waals surface area (Å²) in [5.41, 5.74) is 0. The summed E-state index contributed by atoms with van der Waals surface area (Å²) >= 11 is 0. The average molecular weight is 783 g/mol. The Labute approximate surface area is 209 Å². The second-order valence-electron chi connectivity index (χ2n) is 0. The van der Waals surface area contributed by atoms with Gasteiger partial charge in [0.15, 0.2) is 0 Å². The van der Waals surface area contributed by atoms with Gasteiger partial charge in [0.2, 0.25) is 0 Å². The summed E-state index contributed by atoms with van der Waals surface area (Å²) < 4.78 is 0. The van der Waals surface area contributed by atoms with Crippen molar-refractivity contribution in [3.8, 4) is 0 Å². The van der Waals surface area contributed by atoms with E-state index >= 15 is 0 Å². The van der Waals surface area contributed by atoms with Crippen LogP contribution in [-0.2, 0) is 32.7 Å². The molecule has 0 unspecified atom stereocenters. The fourth-order valence-electron chi connectivity index (χ4n) is 0. The molecule has 0 aromatic rings. The van der Waals surface area contributed by atoms with Crippen LogP contribution in [0.3, 0.4) is 0 Å². The van der Waals surface area contributed by atoms with Crippen LogP contribution in [0, 0.1) is 165 Å². The van der Waals surface area contributed by atoms with Gasteiger partial charge in [0, 0.05) is 198 Å². The molecule has 0 amide bonds. The molecule has 1 nitrogen and oxygen atoms in total. The minimum Gasteiger partial charge on any atom is -0.412 e. The van der Waals surface area contributed by atoms with E-state index < -0.39 is 0 Å². The largest absolute Gasteiger partial charge is 0.412 e. The number of hydrogen-bond acceptors (Lipinski definition) is 0. The van der Waals surface area contributed by atoms with Gasteiger partial charge in [-0.25, -0.2) is 0 Å². The molecule has 0 aliphatic heterocycles. The summed E-state index contributed by atoms with van der Waals surface area (Å²) in [6.45, 7) is 0. The van der Waals surface area contributed by atoms with Crippen LogP contribution in [0.5, 0.6) is 0 Å². The van der Waals surface area contributed by atoms with Crippen molar-refractivity contribution in [2.45, 2.75) is 0 Å². The van der Waals surface area contributed by atoms with E-state index in [-0.39, 0.29) is 217 Å². The van der Waals surface area contributed by atoms with E-state index in [1.807, 2.05) is 0 Å². The van der Waals surface area contributed by atoms with Gasteiger partial charge in [0.1, 0.15) is 0 Å². The van der Waals surface area contributed by atoms with E-state index in [2.05, 4.69) is 0 Å². The van der Waals surface area contributed by atoms with Crippen LogP contribution in [0.25, 0.3) is 0 Å². The Hall–Kier alpha value is 6.86. The molecule has 0 fully saturated rings. The Morgan fingerprint density at radius 3 is 1.00 bits per heavy atom. The van der Waals surface area contributed by atoms with Crippen LogP contribution in [0.15, 0.2) is 0 Å². The third-order valence-electron chi connectivity index (χ3n) is 0. The third-order valence-corrected chi connectivity index (χ3v) is 0. The molecule has 0 aromatic carbocycles. The molecule has 0 saturated carbocycles. The van der Waals surface area contributed by atoms with Crippen molar-refractivity contribution in [2.24, 2.45) is 0 Å². The van der Waals surface area contributed by atoms with E-state index in [1.54, 1.807) is 0 Å². The summed E-state index contributed by atoms with van der Waals surface area (Å²) in [4.78, 5) is 0. The first kappa shape index (κ1) is 48.7. The maximum atomic E-state index is 0. The van der Waals surface area contributed by atoms with Gasteiger partial charge in [-0.2, -0.15) is 13.5 Å². The zero-order chi connectivity index (χ0) is 0. The second-order valence-corrected chi connectivity index (χ2v) is 0. The maximum Gasteiger partial charge on any atom is 0 e. The second kappa shape index (κ2) is 38.4. The average Bonchev–Trinajstić information content (AvgIpc) is 0. The molecule has 2 N–H and O–H groups in total. The Balaban J connectivity index is 0. The molecule has 0 spiro atoms. The van der Waals surface area contributed by atoms with Crippen molar-refractivity contribution >= 4 is 13.5 Å². The molecule has 0 aliphatic rings. The predicted octanol–water partition coefficient (Wildman–Crippen LogP) is -0.714. The standard InChI is InChI=1S/Er.Gd.Nd.H2O.H2S.Y.Yb/h;;;2*1H2;;. The fourth-order valence-corrected chi connectivity index (χ4v) is 0. The van der Waals surface area contributed by atoms with Crippen molar-refractivity contribution in [3.63, 3.8) is 0 Å². The van der Waals surface area contributed by atoms with Crippen molar-refractivity contribution in [2.75, 3.05) is 0 Å². The third kappa shape index (κ3) is 32.2. The van der Waals surface area contributed by atoms with Crippen LogP contribution in [0.1, 0.15) is 0 Å². The molecule has 0 aromatic heterocycles. The van der Waals surface area contributed by atoms with Gasteiger partial charge in [-0.15, -0.1) is 0 Å². The molecule has 1 radical (unpaired) electrons. The molecule has 0 rings (SSSR count). The first-order chi connectivity index (χ1) is 0. The van der Waals surface area contributed by atoms with Crippen LogP contribution in [-0.4, -0.2) is 5.48 Å². The first-order valence-electron chi connectivity index (χ1n) is 0. The molecular formula is H4ErGdNdOSYYb. The zero-order valence-corrected chi connectivity index (χ0v) is 15.9. The molecule has 7 heavy (non-hydrogen) atoms. The normalized spacial score (nSPS) is 0. The van der Waals surface area contributed by atoms with E-state index in [0.29, 0.717) is 0 Å². The van der Waals surface area contributed by atoms with Crippen molar-refractivity contribution in [3.05, 3.63) is 0 Å². The Bertz CT molecular complexity index is 19.7. The van der Waals surface area contributed by atoms with Gasteiger partial charge in [0.05, 0.1) is 0 Å². The van der Waals surface area contributed by atoms with E-state index in [4.69, 9.17) is 0 Å². The van der Waals surface area contributed by atoms with Crippen molar-refractivity contribution < 1.29 is 203 Å². The Morgan fingerprint density at radius 2 is 1.00 bits per heavy atom. The van der Waals surface area contributed by atoms with Gasteiger partial charge in [-0.1, -0.05) is 0 Å². The van der Waals surface area contributed by atoms with Crippen LogP contribution < -0.4 is 0 Å². The fraction of sp³-hybridized carbons (Fsp3) is 0. The molecule has 0 saturated heterocycles. The van der Waals surface area contributed by atoms with E-state index in [9.17, 15) is 0 Å². The summed E-state index contributed by atoms with van der Waals surface area (Å²) in [6, 6.07) is 0. The molecule has 57 valence electrons. The van der Waals surface area contributed by atoms with Gasteiger partial charge >= 0.3 is 0 Å². The maximum absolute atomic E-state index is 0. The van der Waals surface area contributed by atoms with Gasteiger partial charge < -0.3 is 5.48 Å². The van der Waals surface area contributed by atoms with Crippen LogP contribution >= 0.6 is 13.5 Å². The quantitative estimate of drug-likeness (QED) is 0.312. The minimum absolute atomic E-state index is 0. The summed E-state index contributed by atoms with van der Waals surface area (Å²) in [5, 5.41) is 0. The van der Waals surface area contributed by atoms with Crippen molar-refractivity contribution in [1.82, 2.24) is 0 Å². The molecule has 0 heterocycles. The van der Waals surface area contributed by atoms with E-state index in [0.717, 1.165) is 0 Å². The summed E-state index contributed by atoms with van der Waals surface area (Å²) in [5.74, 6) is 0. The number of rotatable bonds is 0. The van der Waals surface area contributed by atoms with Crippen LogP contribution in [0.2, 0.25) is 0 Å². The SMILES string of the molecule is O.S.[Er].[Gd].[Nd].[Y].[Yb].